The Balaban J connectivity index is 2.31. The first kappa shape index (κ1) is 6.68. The van der Waals surface area contributed by atoms with E-state index in [1.54, 1.807) is 0 Å². The first-order chi connectivity index (χ1) is 5.47. The molecule has 1 aliphatic carbocycles. The summed E-state index contributed by atoms with van der Waals surface area (Å²) in [5, 5.41) is 0. The van der Waals surface area contributed by atoms with Crippen molar-refractivity contribution in [3.63, 3.8) is 0 Å². The average molecular weight is 150 g/mol. The zero-order valence-corrected chi connectivity index (χ0v) is 6.25. The predicted molar refractivity (Wildman–Crippen MR) is 41.8 cm³/mol. The van der Waals surface area contributed by atoms with E-state index in [0.29, 0.717) is 13.4 Å². The van der Waals surface area contributed by atoms with E-state index in [-0.39, 0.29) is 0 Å². The van der Waals surface area contributed by atoms with Crippen LogP contribution in [-0.4, -0.2) is 13.4 Å². The van der Waals surface area contributed by atoms with Crippen molar-refractivity contribution >= 4 is 0 Å². The molecule has 0 unspecified atom stereocenters. The average Bonchev–Trinajstić information content (AvgIpc) is 2.28. The maximum atomic E-state index is 5.28. The van der Waals surface area contributed by atoms with Gasteiger partial charge in [0, 0.05) is 5.57 Å². The molecule has 11 heavy (non-hydrogen) atoms. The van der Waals surface area contributed by atoms with Crippen LogP contribution in [0.2, 0.25) is 0 Å². The lowest BCUT2D eigenvalue weighted by atomic mass is 10.2. The normalized spacial score (nSPS) is 22.5. The Kier molecular flexibility index (Phi) is 1.78. The number of ether oxygens (including phenoxy) is 2. The molecule has 0 spiro atoms. The van der Waals surface area contributed by atoms with Gasteiger partial charge in [-0.2, -0.15) is 0 Å². The summed E-state index contributed by atoms with van der Waals surface area (Å²) in [6, 6.07) is 0. The molecule has 58 valence electrons. The first-order valence-corrected chi connectivity index (χ1v) is 3.73. The summed E-state index contributed by atoms with van der Waals surface area (Å²) in [6.07, 6.45) is 9.25. The van der Waals surface area contributed by atoms with Crippen LogP contribution in [0.1, 0.15) is 6.42 Å². The van der Waals surface area contributed by atoms with Gasteiger partial charge in [-0.25, -0.2) is 0 Å². The Labute approximate surface area is 65.8 Å². The highest BCUT2D eigenvalue weighted by atomic mass is 16.7. The van der Waals surface area contributed by atoms with Crippen molar-refractivity contribution in [2.75, 3.05) is 13.4 Å². The van der Waals surface area contributed by atoms with Crippen LogP contribution < -0.4 is 0 Å². The number of hydrogen-bond donors (Lipinski definition) is 0. The summed E-state index contributed by atoms with van der Waals surface area (Å²) in [6.45, 7) is 1.06. The fourth-order valence-corrected chi connectivity index (χ4v) is 1.17. The molecule has 0 aromatic carbocycles. The van der Waals surface area contributed by atoms with Gasteiger partial charge in [-0.05, 0) is 12.5 Å². The van der Waals surface area contributed by atoms with Crippen LogP contribution in [-0.2, 0) is 9.47 Å². The van der Waals surface area contributed by atoms with Gasteiger partial charge in [0.2, 0.25) is 0 Å². The van der Waals surface area contributed by atoms with Gasteiger partial charge in [-0.1, -0.05) is 18.2 Å². The van der Waals surface area contributed by atoms with Crippen molar-refractivity contribution in [3.8, 4) is 0 Å². The lowest BCUT2D eigenvalue weighted by Crippen LogP contribution is -2.11. The molecule has 0 aromatic heterocycles. The lowest BCUT2D eigenvalue weighted by Gasteiger charge is -2.16. The molecule has 0 amide bonds. The highest BCUT2D eigenvalue weighted by Gasteiger charge is 2.09. The molecule has 2 heteroatoms. The van der Waals surface area contributed by atoms with E-state index < -0.39 is 0 Å². The van der Waals surface area contributed by atoms with Crippen LogP contribution >= 0.6 is 0 Å². The molecule has 2 rings (SSSR count). The molecule has 0 fully saturated rings. The van der Waals surface area contributed by atoms with Crippen molar-refractivity contribution in [1.82, 2.24) is 0 Å². The summed E-state index contributed by atoms with van der Waals surface area (Å²) in [5.74, 6) is 0.963. The standard InChI is InChI=1S/C9H10O2/c1-2-4-8-6-10-7-11-9(8)5-3-1/h2-5H,1,6-7H2. The Morgan fingerprint density at radius 3 is 3.09 bits per heavy atom. The van der Waals surface area contributed by atoms with E-state index >= 15 is 0 Å². The Hall–Kier alpha value is -1.02. The third kappa shape index (κ3) is 1.35. The molecule has 0 atom stereocenters. The van der Waals surface area contributed by atoms with Gasteiger partial charge in [0.1, 0.15) is 5.76 Å². The minimum absolute atomic E-state index is 0.386. The molecule has 0 saturated heterocycles. The molecule has 2 aliphatic rings. The second-order valence-corrected chi connectivity index (χ2v) is 2.54. The minimum atomic E-state index is 0.386. The van der Waals surface area contributed by atoms with Gasteiger partial charge < -0.3 is 9.47 Å². The van der Waals surface area contributed by atoms with Gasteiger partial charge in [-0.3, -0.25) is 0 Å². The summed E-state index contributed by atoms with van der Waals surface area (Å²) in [5.41, 5.74) is 1.14. The monoisotopic (exact) mass is 150 g/mol. The van der Waals surface area contributed by atoms with Crippen molar-refractivity contribution in [2.45, 2.75) is 6.42 Å². The van der Waals surface area contributed by atoms with E-state index in [9.17, 15) is 0 Å². The quantitative estimate of drug-likeness (QED) is 0.524. The fraction of sp³-hybridized carbons (Fsp3) is 0.333. The maximum absolute atomic E-state index is 5.28. The minimum Gasteiger partial charge on any atom is -0.467 e. The molecule has 0 saturated carbocycles. The van der Waals surface area contributed by atoms with Crippen molar-refractivity contribution in [1.29, 1.82) is 0 Å². The molecular formula is C9H10O2. The van der Waals surface area contributed by atoms with Crippen LogP contribution in [0.15, 0.2) is 35.6 Å². The molecule has 0 bridgehead atoms. The van der Waals surface area contributed by atoms with Gasteiger partial charge in [-0.15, -0.1) is 0 Å². The molecule has 0 radical (unpaired) electrons. The van der Waals surface area contributed by atoms with Gasteiger partial charge in [0.15, 0.2) is 6.79 Å². The van der Waals surface area contributed by atoms with Gasteiger partial charge >= 0.3 is 0 Å². The van der Waals surface area contributed by atoms with Gasteiger partial charge in [0.05, 0.1) is 6.61 Å². The lowest BCUT2D eigenvalue weighted by molar-refractivity contribution is -0.0293. The van der Waals surface area contributed by atoms with Crippen LogP contribution in [0.3, 0.4) is 0 Å². The maximum Gasteiger partial charge on any atom is 0.189 e. The fourth-order valence-electron chi connectivity index (χ4n) is 1.17. The van der Waals surface area contributed by atoms with E-state index in [1.165, 1.54) is 0 Å². The van der Waals surface area contributed by atoms with E-state index in [0.717, 1.165) is 17.8 Å². The smallest absolute Gasteiger partial charge is 0.189 e. The molecule has 0 N–H and O–H groups in total. The third-order valence-electron chi connectivity index (χ3n) is 1.73. The predicted octanol–water partition coefficient (Wildman–Crippen LogP) is 1.76. The molecule has 0 aromatic rings. The largest absolute Gasteiger partial charge is 0.467 e. The van der Waals surface area contributed by atoms with E-state index in [2.05, 4.69) is 18.2 Å². The molecular weight excluding hydrogens is 140 g/mol. The summed E-state index contributed by atoms with van der Waals surface area (Å²) < 4.78 is 10.4. The highest BCUT2D eigenvalue weighted by Crippen LogP contribution is 2.18. The highest BCUT2D eigenvalue weighted by molar-refractivity contribution is 5.33. The summed E-state index contributed by atoms with van der Waals surface area (Å²) in [7, 11) is 0. The first-order valence-electron chi connectivity index (χ1n) is 3.73. The number of allylic oxidation sites excluding steroid dienone is 3. The Morgan fingerprint density at radius 1 is 1.18 bits per heavy atom. The van der Waals surface area contributed by atoms with E-state index in [1.807, 2.05) is 6.08 Å². The van der Waals surface area contributed by atoms with Crippen LogP contribution in [0.5, 0.6) is 0 Å². The number of rotatable bonds is 0. The molecule has 2 nitrogen and oxygen atoms in total. The second kappa shape index (κ2) is 2.93. The van der Waals surface area contributed by atoms with Gasteiger partial charge in [0.25, 0.3) is 0 Å². The Bertz CT molecular complexity index is 212. The Morgan fingerprint density at radius 2 is 2.09 bits per heavy atom. The SMILES string of the molecule is C1=CC2=C(C=CC1)OCOC2. The summed E-state index contributed by atoms with van der Waals surface area (Å²) in [4.78, 5) is 0. The molecule has 1 aliphatic heterocycles. The van der Waals surface area contributed by atoms with Crippen LogP contribution in [0.25, 0.3) is 0 Å². The zero-order valence-electron chi connectivity index (χ0n) is 6.25. The third-order valence-corrected chi connectivity index (χ3v) is 1.73. The summed E-state index contributed by atoms with van der Waals surface area (Å²) >= 11 is 0. The second-order valence-electron chi connectivity index (χ2n) is 2.54. The van der Waals surface area contributed by atoms with Crippen molar-refractivity contribution in [3.05, 3.63) is 35.6 Å². The van der Waals surface area contributed by atoms with Crippen LogP contribution in [0, 0.1) is 0 Å². The van der Waals surface area contributed by atoms with Crippen molar-refractivity contribution in [2.24, 2.45) is 0 Å². The molecule has 1 heterocycles. The van der Waals surface area contributed by atoms with Crippen LogP contribution in [0.4, 0.5) is 0 Å². The number of hydrogen-bond acceptors (Lipinski definition) is 2. The van der Waals surface area contributed by atoms with Crippen molar-refractivity contribution < 1.29 is 9.47 Å². The van der Waals surface area contributed by atoms with E-state index in [4.69, 9.17) is 9.47 Å². The topological polar surface area (TPSA) is 18.5 Å². The zero-order chi connectivity index (χ0) is 7.52.